The molecule has 25 heavy (non-hydrogen) atoms. The standard InChI is InChI=1S/C20H26N2O3/c1-13(10-20(23)22-8-6-21(4)7-9-22)16-11-17-14(2)15(3)25-19(17)12-18(16)24-5/h10-12H,6-9H2,1-5H3/b13-10+. The minimum absolute atomic E-state index is 0.0628. The van der Waals surface area contributed by atoms with Gasteiger partial charge in [0.15, 0.2) is 0 Å². The second-order valence-corrected chi connectivity index (χ2v) is 6.79. The topological polar surface area (TPSA) is 45.9 Å². The minimum Gasteiger partial charge on any atom is -0.496 e. The highest BCUT2D eigenvalue weighted by Gasteiger charge is 2.19. The zero-order valence-electron chi connectivity index (χ0n) is 15.7. The van der Waals surface area contributed by atoms with Crippen LogP contribution in [-0.4, -0.2) is 56.0 Å². The summed E-state index contributed by atoms with van der Waals surface area (Å²) in [6, 6.07) is 3.96. The summed E-state index contributed by atoms with van der Waals surface area (Å²) in [4.78, 5) is 16.7. The van der Waals surface area contributed by atoms with Crippen molar-refractivity contribution in [3.8, 4) is 5.75 Å². The van der Waals surface area contributed by atoms with Crippen LogP contribution in [-0.2, 0) is 4.79 Å². The zero-order chi connectivity index (χ0) is 18.1. The average molecular weight is 342 g/mol. The van der Waals surface area contributed by atoms with Gasteiger partial charge in [0.25, 0.3) is 0 Å². The molecule has 1 fully saturated rings. The van der Waals surface area contributed by atoms with Gasteiger partial charge in [-0.05, 0) is 45.0 Å². The van der Waals surface area contributed by atoms with Crippen LogP contribution in [0.2, 0.25) is 0 Å². The summed E-state index contributed by atoms with van der Waals surface area (Å²) in [5, 5.41) is 1.06. The number of ether oxygens (including phenoxy) is 1. The van der Waals surface area contributed by atoms with Crippen molar-refractivity contribution in [2.24, 2.45) is 0 Å². The molecule has 0 radical (unpaired) electrons. The first kappa shape index (κ1) is 17.5. The molecular weight excluding hydrogens is 316 g/mol. The Bertz CT molecular complexity index is 827. The number of benzene rings is 1. The first-order chi connectivity index (χ1) is 11.9. The zero-order valence-corrected chi connectivity index (χ0v) is 15.7. The van der Waals surface area contributed by atoms with E-state index in [2.05, 4.69) is 18.0 Å². The Morgan fingerprint density at radius 3 is 2.52 bits per heavy atom. The molecule has 0 bridgehead atoms. The second kappa shape index (κ2) is 6.92. The van der Waals surface area contributed by atoms with Gasteiger partial charge in [0.05, 0.1) is 7.11 Å². The molecule has 134 valence electrons. The molecule has 0 spiro atoms. The Morgan fingerprint density at radius 2 is 1.88 bits per heavy atom. The van der Waals surface area contributed by atoms with Crippen molar-refractivity contribution in [3.05, 3.63) is 35.1 Å². The van der Waals surface area contributed by atoms with Gasteiger partial charge in [-0.25, -0.2) is 0 Å². The molecule has 0 N–H and O–H groups in total. The van der Waals surface area contributed by atoms with Crippen LogP contribution in [0.15, 0.2) is 22.6 Å². The number of nitrogens with zero attached hydrogens (tertiary/aromatic N) is 2. The summed E-state index contributed by atoms with van der Waals surface area (Å²) in [6.07, 6.45) is 1.72. The van der Waals surface area contributed by atoms with Gasteiger partial charge in [-0.3, -0.25) is 4.79 Å². The molecule has 1 aromatic heterocycles. The number of methoxy groups -OCH3 is 1. The van der Waals surface area contributed by atoms with Crippen LogP contribution in [0.25, 0.3) is 16.5 Å². The molecule has 1 amide bonds. The quantitative estimate of drug-likeness (QED) is 0.804. The lowest BCUT2D eigenvalue weighted by molar-refractivity contribution is -0.127. The maximum atomic E-state index is 12.6. The van der Waals surface area contributed by atoms with Crippen LogP contribution in [0.4, 0.5) is 0 Å². The predicted octanol–water partition coefficient (Wildman–Crippen LogP) is 3.24. The molecule has 3 rings (SSSR count). The van der Waals surface area contributed by atoms with Gasteiger partial charge in [-0.15, -0.1) is 0 Å². The Balaban J connectivity index is 1.93. The molecule has 1 aliphatic heterocycles. The van der Waals surface area contributed by atoms with Crippen molar-refractivity contribution >= 4 is 22.4 Å². The van der Waals surface area contributed by atoms with E-state index in [0.29, 0.717) is 0 Å². The van der Waals surface area contributed by atoms with Gasteiger partial charge >= 0.3 is 0 Å². The van der Waals surface area contributed by atoms with Crippen LogP contribution in [0.5, 0.6) is 5.75 Å². The second-order valence-electron chi connectivity index (χ2n) is 6.79. The molecule has 2 heterocycles. The Kier molecular flexibility index (Phi) is 4.86. The number of amides is 1. The lowest BCUT2D eigenvalue weighted by Crippen LogP contribution is -2.46. The lowest BCUT2D eigenvalue weighted by atomic mass is 10.0. The van der Waals surface area contributed by atoms with Crippen molar-refractivity contribution in [1.29, 1.82) is 0 Å². The molecule has 0 atom stereocenters. The number of hydrogen-bond acceptors (Lipinski definition) is 4. The number of hydrogen-bond donors (Lipinski definition) is 0. The third-order valence-corrected chi connectivity index (χ3v) is 5.08. The SMILES string of the molecule is COc1cc2oc(C)c(C)c2cc1/C(C)=C/C(=O)N1CCN(C)CC1. The van der Waals surface area contributed by atoms with Gasteiger partial charge in [-0.1, -0.05) is 0 Å². The summed E-state index contributed by atoms with van der Waals surface area (Å²) in [5.74, 6) is 1.69. The highest BCUT2D eigenvalue weighted by molar-refractivity contribution is 5.97. The Hall–Kier alpha value is -2.27. The Labute approximate surface area is 148 Å². The van der Waals surface area contributed by atoms with Gasteiger partial charge in [0.2, 0.25) is 5.91 Å². The number of carbonyl (C=O) groups excluding carboxylic acids is 1. The molecule has 2 aromatic rings. The summed E-state index contributed by atoms with van der Waals surface area (Å²) in [5.41, 5.74) is 3.77. The van der Waals surface area contributed by atoms with Crippen molar-refractivity contribution in [2.75, 3.05) is 40.3 Å². The highest BCUT2D eigenvalue weighted by atomic mass is 16.5. The number of allylic oxidation sites excluding steroid dienone is 1. The van der Waals surface area contributed by atoms with E-state index in [0.717, 1.165) is 65.4 Å². The van der Waals surface area contributed by atoms with E-state index < -0.39 is 0 Å². The van der Waals surface area contributed by atoms with Crippen LogP contribution in [0.1, 0.15) is 23.8 Å². The van der Waals surface area contributed by atoms with Crippen LogP contribution < -0.4 is 4.74 Å². The van der Waals surface area contributed by atoms with Gasteiger partial charge in [0.1, 0.15) is 17.1 Å². The number of fused-ring (bicyclic) bond motifs is 1. The predicted molar refractivity (Wildman–Crippen MR) is 100.0 cm³/mol. The fourth-order valence-electron chi connectivity index (χ4n) is 3.23. The number of rotatable bonds is 3. The van der Waals surface area contributed by atoms with Crippen molar-refractivity contribution < 1.29 is 13.9 Å². The average Bonchev–Trinajstić information content (AvgIpc) is 2.88. The fraction of sp³-hybridized carbons (Fsp3) is 0.450. The van der Waals surface area contributed by atoms with Crippen molar-refractivity contribution in [3.63, 3.8) is 0 Å². The van der Waals surface area contributed by atoms with E-state index in [4.69, 9.17) is 9.15 Å². The number of furan rings is 1. The molecule has 0 aliphatic carbocycles. The maximum absolute atomic E-state index is 12.6. The van der Waals surface area contributed by atoms with Gasteiger partial charge in [-0.2, -0.15) is 0 Å². The minimum atomic E-state index is 0.0628. The molecule has 1 aliphatic rings. The number of aryl methyl sites for hydroxylation is 2. The summed E-state index contributed by atoms with van der Waals surface area (Å²) in [7, 11) is 3.72. The molecule has 1 saturated heterocycles. The van der Waals surface area contributed by atoms with E-state index in [1.165, 1.54) is 0 Å². The number of piperazine rings is 1. The normalized spacial score (nSPS) is 16.5. The Morgan fingerprint density at radius 1 is 1.20 bits per heavy atom. The van der Waals surface area contributed by atoms with E-state index in [-0.39, 0.29) is 5.91 Å². The van der Waals surface area contributed by atoms with E-state index in [1.54, 1.807) is 13.2 Å². The first-order valence-electron chi connectivity index (χ1n) is 8.64. The molecule has 0 saturated carbocycles. The van der Waals surface area contributed by atoms with Crippen LogP contribution in [0.3, 0.4) is 0 Å². The third-order valence-electron chi connectivity index (χ3n) is 5.08. The molecule has 0 unspecified atom stereocenters. The number of carbonyl (C=O) groups is 1. The maximum Gasteiger partial charge on any atom is 0.246 e. The van der Waals surface area contributed by atoms with E-state index >= 15 is 0 Å². The van der Waals surface area contributed by atoms with E-state index in [9.17, 15) is 4.79 Å². The van der Waals surface area contributed by atoms with E-state index in [1.807, 2.05) is 31.7 Å². The van der Waals surface area contributed by atoms with Crippen molar-refractivity contribution in [2.45, 2.75) is 20.8 Å². The fourth-order valence-corrected chi connectivity index (χ4v) is 3.23. The number of likely N-dealkylation sites (N-methyl/N-ethyl adjacent to an activating group) is 1. The lowest BCUT2D eigenvalue weighted by Gasteiger charge is -2.31. The summed E-state index contributed by atoms with van der Waals surface area (Å²) in [6.45, 7) is 9.35. The molecule has 5 nitrogen and oxygen atoms in total. The third kappa shape index (κ3) is 3.42. The monoisotopic (exact) mass is 342 g/mol. The van der Waals surface area contributed by atoms with Gasteiger partial charge in [0, 0.05) is 49.3 Å². The summed E-state index contributed by atoms with van der Waals surface area (Å²) < 4.78 is 11.3. The summed E-state index contributed by atoms with van der Waals surface area (Å²) >= 11 is 0. The molecular formula is C20H26N2O3. The molecule has 1 aromatic carbocycles. The van der Waals surface area contributed by atoms with Crippen molar-refractivity contribution in [1.82, 2.24) is 9.80 Å². The molecule has 5 heteroatoms. The van der Waals surface area contributed by atoms with Gasteiger partial charge < -0.3 is 19.0 Å². The largest absolute Gasteiger partial charge is 0.496 e. The first-order valence-corrected chi connectivity index (χ1v) is 8.64. The van der Waals surface area contributed by atoms with Crippen LogP contribution in [0, 0.1) is 13.8 Å². The van der Waals surface area contributed by atoms with Crippen LogP contribution >= 0.6 is 0 Å². The highest BCUT2D eigenvalue weighted by Crippen LogP contribution is 2.34. The smallest absolute Gasteiger partial charge is 0.246 e.